The van der Waals surface area contributed by atoms with Crippen molar-refractivity contribution >= 4 is 22.5 Å². The van der Waals surface area contributed by atoms with E-state index in [1.54, 1.807) is 24.3 Å². The number of nitriles is 1. The van der Waals surface area contributed by atoms with Gasteiger partial charge in [-0.3, -0.25) is 4.79 Å². The van der Waals surface area contributed by atoms with E-state index in [1.807, 2.05) is 37.3 Å². The van der Waals surface area contributed by atoms with E-state index in [9.17, 15) is 4.79 Å². The first-order valence-electron chi connectivity index (χ1n) is 10.3. The van der Waals surface area contributed by atoms with Crippen molar-refractivity contribution in [3.05, 3.63) is 102 Å². The number of para-hydroxylation sites is 1. The van der Waals surface area contributed by atoms with E-state index in [0.717, 1.165) is 5.52 Å². The second-order valence-corrected chi connectivity index (χ2v) is 7.56. The molecule has 4 rings (SSSR count). The van der Waals surface area contributed by atoms with Crippen LogP contribution in [0.5, 0.6) is 0 Å². The number of hydrogen-bond donors (Lipinski definition) is 3. The van der Waals surface area contributed by atoms with Crippen LogP contribution in [0.25, 0.3) is 10.9 Å². The van der Waals surface area contributed by atoms with Crippen molar-refractivity contribution in [1.82, 2.24) is 10.3 Å². The van der Waals surface area contributed by atoms with Crippen molar-refractivity contribution in [2.45, 2.75) is 18.9 Å². The monoisotopic (exact) mass is 408 g/mol. The number of aromatic amines is 1. The third kappa shape index (κ3) is 4.66. The van der Waals surface area contributed by atoms with Gasteiger partial charge in [-0.25, -0.2) is 0 Å². The number of carbonyl (C=O) groups is 1. The molecule has 4 aromatic rings. The quantitative estimate of drug-likeness (QED) is 0.411. The van der Waals surface area contributed by atoms with Crippen LogP contribution in [-0.2, 0) is 4.79 Å². The molecule has 3 aromatic carbocycles. The maximum absolute atomic E-state index is 12.7. The maximum Gasteiger partial charge on any atom is 0.241 e. The Labute approximate surface area is 181 Å². The topological polar surface area (TPSA) is 80.7 Å². The maximum atomic E-state index is 12.7. The van der Waals surface area contributed by atoms with Crippen molar-refractivity contribution in [1.29, 1.82) is 5.26 Å². The molecule has 3 N–H and O–H groups in total. The molecule has 1 aromatic heterocycles. The molecule has 0 aliphatic rings. The lowest BCUT2D eigenvalue weighted by molar-refractivity contribution is -0.117. The van der Waals surface area contributed by atoms with E-state index < -0.39 is 6.04 Å². The molecular weight excluding hydrogens is 384 g/mol. The van der Waals surface area contributed by atoms with E-state index >= 15 is 0 Å². The number of nitrogens with one attached hydrogen (secondary N) is 3. The van der Waals surface area contributed by atoms with Crippen LogP contribution in [0.15, 0.2) is 85.1 Å². The zero-order chi connectivity index (χ0) is 21.6. The van der Waals surface area contributed by atoms with Crippen LogP contribution in [0.3, 0.4) is 0 Å². The average Bonchev–Trinajstić information content (AvgIpc) is 3.24. The summed E-state index contributed by atoms with van der Waals surface area (Å²) in [6, 6.07) is 27.2. The highest BCUT2D eigenvalue weighted by atomic mass is 16.2. The Hall–Kier alpha value is -3.88. The van der Waals surface area contributed by atoms with Gasteiger partial charge in [-0.2, -0.15) is 5.26 Å². The predicted octanol–water partition coefficient (Wildman–Crippen LogP) is 4.79. The second-order valence-electron chi connectivity index (χ2n) is 7.56. The second kappa shape index (κ2) is 9.29. The van der Waals surface area contributed by atoms with E-state index in [4.69, 9.17) is 5.26 Å². The molecule has 0 fully saturated rings. The number of fused-ring (bicyclic) bond motifs is 1. The third-order valence-electron chi connectivity index (χ3n) is 5.48. The van der Waals surface area contributed by atoms with E-state index in [1.165, 1.54) is 16.5 Å². The summed E-state index contributed by atoms with van der Waals surface area (Å²) in [5.74, 6) is -0.0460. The first kappa shape index (κ1) is 20.4. The van der Waals surface area contributed by atoms with Crippen molar-refractivity contribution in [2.75, 3.05) is 11.9 Å². The molecule has 0 aliphatic heterocycles. The molecular formula is C26H24N4O. The van der Waals surface area contributed by atoms with Crippen LogP contribution in [0.1, 0.15) is 29.5 Å². The van der Waals surface area contributed by atoms with Gasteiger partial charge in [0.25, 0.3) is 0 Å². The van der Waals surface area contributed by atoms with Gasteiger partial charge in [0.15, 0.2) is 0 Å². The fourth-order valence-electron chi connectivity index (χ4n) is 3.78. The van der Waals surface area contributed by atoms with E-state index in [0.29, 0.717) is 17.8 Å². The number of hydrogen-bond acceptors (Lipinski definition) is 3. The Kier molecular flexibility index (Phi) is 6.11. The highest BCUT2D eigenvalue weighted by Crippen LogP contribution is 2.30. The Morgan fingerprint density at radius 2 is 1.81 bits per heavy atom. The van der Waals surface area contributed by atoms with Crippen molar-refractivity contribution in [2.24, 2.45) is 0 Å². The van der Waals surface area contributed by atoms with Gasteiger partial charge >= 0.3 is 0 Å². The summed E-state index contributed by atoms with van der Waals surface area (Å²) in [5.41, 5.74) is 4.62. The molecule has 31 heavy (non-hydrogen) atoms. The minimum atomic E-state index is -0.401. The molecule has 0 spiro atoms. The summed E-state index contributed by atoms with van der Waals surface area (Å²) in [7, 11) is 0. The van der Waals surface area contributed by atoms with Gasteiger partial charge < -0.3 is 15.6 Å². The number of rotatable bonds is 7. The zero-order valence-electron chi connectivity index (χ0n) is 17.3. The van der Waals surface area contributed by atoms with Gasteiger partial charge in [0, 0.05) is 35.2 Å². The number of aromatic nitrogens is 1. The highest BCUT2D eigenvalue weighted by Gasteiger charge is 2.20. The minimum Gasteiger partial charge on any atom is -0.361 e. The molecule has 0 unspecified atom stereocenters. The number of anilines is 1. The Morgan fingerprint density at radius 1 is 1.03 bits per heavy atom. The lowest BCUT2D eigenvalue weighted by Crippen LogP contribution is -2.40. The summed E-state index contributed by atoms with van der Waals surface area (Å²) < 4.78 is 0. The predicted molar refractivity (Wildman–Crippen MR) is 124 cm³/mol. The first-order valence-corrected chi connectivity index (χ1v) is 10.3. The number of H-pyrrole nitrogens is 1. The van der Waals surface area contributed by atoms with Crippen molar-refractivity contribution in [3.8, 4) is 6.07 Å². The molecule has 0 bridgehead atoms. The van der Waals surface area contributed by atoms with Crippen LogP contribution >= 0.6 is 0 Å². The summed E-state index contributed by atoms with van der Waals surface area (Å²) in [6.45, 7) is 2.46. The fraction of sp³-hybridized carbons (Fsp3) is 0.154. The molecule has 0 saturated carbocycles. The number of nitrogens with zero attached hydrogens (tertiary/aromatic N) is 1. The van der Waals surface area contributed by atoms with Crippen LogP contribution in [0, 0.1) is 11.3 Å². The van der Waals surface area contributed by atoms with Crippen LogP contribution in [0.4, 0.5) is 5.69 Å². The molecule has 1 heterocycles. The molecule has 0 aliphatic carbocycles. The summed E-state index contributed by atoms with van der Waals surface area (Å²) in [6.07, 6.45) is 2.06. The lowest BCUT2D eigenvalue weighted by Gasteiger charge is -2.21. The third-order valence-corrected chi connectivity index (χ3v) is 5.48. The zero-order valence-corrected chi connectivity index (χ0v) is 17.3. The Bertz CT molecular complexity index is 1220. The molecule has 2 atom stereocenters. The average molecular weight is 409 g/mol. The minimum absolute atomic E-state index is 0.0921. The molecule has 154 valence electrons. The Balaban J connectivity index is 1.51. The summed E-state index contributed by atoms with van der Waals surface area (Å²) >= 11 is 0. The molecule has 0 radical (unpaired) electrons. The van der Waals surface area contributed by atoms with Gasteiger partial charge in [-0.15, -0.1) is 0 Å². The standard InChI is InChI=1S/C26H24N4O/c1-18(26(31)30-21-11-7-8-19(14-21)15-27)28-16-23(20-9-3-2-4-10-20)24-17-29-25-13-6-5-12-22(24)25/h2-14,17-18,23,28-29H,16H2,1H3,(H,30,31)/t18-,23+/m0/s1. The fourth-order valence-corrected chi connectivity index (χ4v) is 3.78. The Morgan fingerprint density at radius 3 is 2.61 bits per heavy atom. The van der Waals surface area contributed by atoms with Crippen LogP contribution in [0.2, 0.25) is 0 Å². The van der Waals surface area contributed by atoms with Gasteiger partial charge in [0.1, 0.15) is 0 Å². The first-order chi connectivity index (χ1) is 15.2. The van der Waals surface area contributed by atoms with Gasteiger partial charge in [0.2, 0.25) is 5.91 Å². The molecule has 5 nitrogen and oxygen atoms in total. The lowest BCUT2D eigenvalue weighted by atomic mass is 9.90. The van der Waals surface area contributed by atoms with Crippen molar-refractivity contribution in [3.63, 3.8) is 0 Å². The van der Waals surface area contributed by atoms with Crippen LogP contribution < -0.4 is 10.6 Å². The number of benzene rings is 3. The summed E-state index contributed by atoms with van der Waals surface area (Å²) in [5, 5.41) is 16.5. The van der Waals surface area contributed by atoms with Crippen molar-refractivity contribution < 1.29 is 4.79 Å². The summed E-state index contributed by atoms with van der Waals surface area (Å²) in [4.78, 5) is 16.1. The van der Waals surface area contributed by atoms with E-state index in [-0.39, 0.29) is 11.8 Å². The highest BCUT2D eigenvalue weighted by molar-refractivity contribution is 5.94. The van der Waals surface area contributed by atoms with Gasteiger partial charge in [0.05, 0.1) is 17.7 Å². The molecule has 1 amide bonds. The van der Waals surface area contributed by atoms with E-state index in [2.05, 4.69) is 52.1 Å². The SMILES string of the molecule is C[C@H](NC[C@H](c1ccccc1)c1c[nH]c2ccccc12)C(=O)Nc1cccc(C#N)c1. The van der Waals surface area contributed by atoms with Gasteiger partial charge in [-0.1, -0.05) is 54.6 Å². The number of carbonyl (C=O) groups excluding carboxylic acids is 1. The largest absolute Gasteiger partial charge is 0.361 e. The molecule has 0 saturated heterocycles. The molecule has 5 heteroatoms. The number of amides is 1. The van der Waals surface area contributed by atoms with Crippen LogP contribution in [-0.4, -0.2) is 23.5 Å². The van der Waals surface area contributed by atoms with Gasteiger partial charge in [-0.05, 0) is 42.3 Å². The normalized spacial score (nSPS) is 12.8. The smallest absolute Gasteiger partial charge is 0.241 e.